The van der Waals surface area contributed by atoms with Gasteiger partial charge in [-0.3, -0.25) is 0 Å². The molecule has 0 fully saturated rings. The predicted octanol–water partition coefficient (Wildman–Crippen LogP) is 4.22. The molecule has 0 aliphatic carbocycles. The van der Waals surface area contributed by atoms with E-state index in [9.17, 15) is 0 Å². The summed E-state index contributed by atoms with van der Waals surface area (Å²) < 4.78 is 0. The number of rotatable bonds is 3. The maximum atomic E-state index is 3.94. The van der Waals surface area contributed by atoms with E-state index in [0.717, 1.165) is 0 Å². The van der Waals surface area contributed by atoms with Crippen molar-refractivity contribution >= 4 is 6.08 Å². The molecule has 74 valence electrons. The van der Waals surface area contributed by atoms with Crippen LogP contribution in [0.1, 0.15) is 25.0 Å². The van der Waals surface area contributed by atoms with Gasteiger partial charge in [0.2, 0.25) is 0 Å². The fourth-order valence-electron chi connectivity index (χ4n) is 1.19. The van der Waals surface area contributed by atoms with Crippen molar-refractivity contribution in [1.82, 2.24) is 0 Å². The molecule has 0 aromatic heterocycles. The Morgan fingerprint density at radius 3 is 2.57 bits per heavy atom. The number of hydrogen-bond acceptors (Lipinski definition) is 0. The lowest BCUT2D eigenvalue weighted by Gasteiger charge is -2.04. The van der Waals surface area contributed by atoms with Gasteiger partial charge in [-0.2, -0.15) is 0 Å². The van der Waals surface area contributed by atoms with Crippen LogP contribution in [0.25, 0.3) is 6.08 Å². The molecule has 0 aliphatic heterocycles. The Balaban J connectivity index is 2.78. The first-order valence-corrected chi connectivity index (χ1v) is 5.00. The summed E-state index contributed by atoms with van der Waals surface area (Å²) in [6, 6.07) is 8.40. The summed E-state index contributed by atoms with van der Waals surface area (Å²) >= 11 is 0. The third kappa shape index (κ3) is 2.88. The molecule has 1 rings (SSSR count). The largest absolute Gasteiger partial charge is 0.0996 e. The van der Waals surface area contributed by atoms with Crippen LogP contribution in [0.5, 0.6) is 0 Å². The van der Waals surface area contributed by atoms with Gasteiger partial charge < -0.3 is 0 Å². The SMILES string of the molecule is C=C(C)C(C)/C=C\c1ccccc1C. The molecule has 0 heterocycles. The van der Waals surface area contributed by atoms with Gasteiger partial charge in [-0.25, -0.2) is 0 Å². The standard InChI is InChI=1S/C14H18/c1-11(2)12(3)9-10-14-8-6-5-7-13(14)4/h5-10,12H,1H2,2-4H3/b10-9-. The average molecular weight is 186 g/mol. The molecule has 14 heavy (non-hydrogen) atoms. The molecule has 0 bridgehead atoms. The normalized spacial score (nSPS) is 13.1. The maximum Gasteiger partial charge on any atom is -0.00538 e. The van der Waals surface area contributed by atoms with Crippen LogP contribution in [0.3, 0.4) is 0 Å². The molecular weight excluding hydrogens is 168 g/mol. The lowest BCUT2D eigenvalue weighted by molar-refractivity contribution is 0.872. The van der Waals surface area contributed by atoms with Gasteiger partial charge in [0.05, 0.1) is 0 Å². The second kappa shape index (κ2) is 4.80. The predicted molar refractivity (Wildman–Crippen MR) is 64.2 cm³/mol. The van der Waals surface area contributed by atoms with Crippen LogP contribution in [0, 0.1) is 12.8 Å². The maximum absolute atomic E-state index is 3.94. The highest BCUT2D eigenvalue weighted by Gasteiger charge is 1.96. The molecule has 0 heteroatoms. The van der Waals surface area contributed by atoms with E-state index in [4.69, 9.17) is 0 Å². The Bertz CT molecular complexity index is 345. The lowest BCUT2D eigenvalue weighted by atomic mass is 10.0. The molecule has 0 nitrogen and oxygen atoms in total. The van der Waals surface area contributed by atoms with Crippen molar-refractivity contribution in [1.29, 1.82) is 0 Å². The molecule has 1 aromatic carbocycles. The fraction of sp³-hybridized carbons (Fsp3) is 0.286. The van der Waals surface area contributed by atoms with Gasteiger partial charge in [0.25, 0.3) is 0 Å². The minimum absolute atomic E-state index is 0.453. The summed E-state index contributed by atoms with van der Waals surface area (Å²) in [5.74, 6) is 0.453. The highest BCUT2D eigenvalue weighted by molar-refractivity contribution is 5.53. The number of allylic oxidation sites excluding steroid dienone is 2. The molecular formula is C14H18. The Labute approximate surface area is 87.0 Å². The molecule has 0 spiro atoms. The first-order chi connectivity index (χ1) is 6.61. The summed E-state index contributed by atoms with van der Waals surface area (Å²) in [6.07, 6.45) is 4.37. The van der Waals surface area contributed by atoms with Crippen LogP contribution >= 0.6 is 0 Å². The van der Waals surface area contributed by atoms with Gasteiger partial charge in [-0.15, -0.1) is 0 Å². The average Bonchev–Trinajstić information content (AvgIpc) is 2.16. The summed E-state index contributed by atoms with van der Waals surface area (Å²) in [4.78, 5) is 0. The van der Waals surface area contributed by atoms with Crippen molar-refractivity contribution in [3.8, 4) is 0 Å². The van der Waals surface area contributed by atoms with E-state index in [2.05, 4.69) is 63.8 Å². The fourth-order valence-corrected chi connectivity index (χ4v) is 1.19. The van der Waals surface area contributed by atoms with Crippen molar-refractivity contribution < 1.29 is 0 Å². The van der Waals surface area contributed by atoms with Crippen LogP contribution in [-0.4, -0.2) is 0 Å². The van der Waals surface area contributed by atoms with E-state index in [0.29, 0.717) is 5.92 Å². The van der Waals surface area contributed by atoms with Crippen LogP contribution < -0.4 is 0 Å². The van der Waals surface area contributed by atoms with Gasteiger partial charge in [0.15, 0.2) is 0 Å². The Kier molecular flexibility index (Phi) is 3.70. The van der Waals surface area contributed by atoms with Crippen molar-refractivity contribution in [2.45, 2.75) is 20.8 Å². The van der Waals surface area contributed by atoms with E-state index in [1.165, 1.54) is 16.7 Å². The van der Waals surface area contributed by atoms with Crippen LogP contribution in [-0.2, 0) is 0 Å². The quantitative estimate of drug-likeness (QED) is 0.620. The molecule has 0 N–H and O–H groups in total. The van der Waals surface area contributed by atoms with Gasteiger partial charge in [-0.05, 0) is 30.9 Å². The van der Waals surface area contributed by atoms with E-state index in [1.54, 1.807) is 0 Å². The third-order valence-corrected chi connectivity index (χ3v) is 2.53. The minimum atomic E-state index is 0.453. The van der Waals surface area contributed by atoms with Crippen LogP contribution in [0.4, 0.5) is 0 Å². The molecule has 0 saturated carbocycles. The number of benzene rings is 1. The molecule has 1 atom stereocenters. The zero-order valence-electron chi connectivity index (χ0n) is 9.25. The highest BCUT2D eigenvalue weighted by Crippen LogP contribution is 2.14. The summed E-state index contributed by atoms with van der Waals surface area (Å²) in [7, 11) is 0. The molecule has 0 aliphatic rings. The molecule has 0 radical (unpaired) electrons. The van der Waals surface area contributed by atoms with Crippen molar-refractivity contribution in [2.75, 3.05) is 0 Å². The van der Waals surface area contributed by atoms with E-state index < -0.39 is 0 Å². The Morgan fingerprint density at radius 1 is 1.36 bits per heavy atom. The van der Waals surface area contributed by atoms with Crippen LogP contribution in [0.2, 0.25) is 0 Å². The van der Waals surface area contributed by atoms with E-state index in [-0.39, 0.29) is 0 Å². The summed E-state index contributed by atoms with van der Waals surface area (Å²) in [5, 5.41) is 0. The van der Waals surface area contributed by atoms with E-state index >= 15 is 0 Å². The zero-order chi connectivity index (χ0) is 10.6. The third-order valence-electron chi connectivity index (χ3n) is 2.53. The first-order valence-electron chi connectivity index (χ1n) is 5.00. The second-order valence-corrected chi connectivity index (χ2v) is 3.85. The highest BCUT2D eigenvalue weighted by atomic mass is 14.0. The smallest absolute Gasteiger partial charge is 0.00538 e. The molecule has 1 unspecified atom stereocenters. The monoisotopic (exact) mass is 186 g/mol. The molecule has 1 aromatic rings. The Hall–Kier alpha value is -1.30. The van der Waals surface area contributed by atoms with Crippen molar-refractivity contribution in [2.24, 2.45) is 5.92 Å². The van der Waals surface area contributed by atoms with Gasteiger partial charge in [0.1, 0.15) is 0 Å². The zero-order valence-corrected chi connectivity index (χ0v) is 9.25. The molecule has 0 amide bonds. The van der Waals surface area contributed by atoms with Crippen LogP contribution in [0.15, 0.2) is 42.5 Å². The van der Waals surface area contributed by atoms with Gasteiger partial charge in [-0.1, -0.05) is 55.5 Å². The van der Waals surface area contributed by atoms with Gasteiger partial charge >= 0.3 is 0 Å². The molecule has 0 saturated heterocycles. The van der Waals surface area contributed by atoms with E-state index in [1.807, 2.05) is 0 Å². The number of hydrogen-bond donors (Lipinski definition) is 0. The summed E-state index contributed by atoms with van der Waals surface area (Å²) in [6.45, 7) is 10.3. The number of aryl methyl sites for hydroxylation is 1. The van der Waals surface area contributed by atoms with Crippen molar-refractivity contribution in [3.63, 3.8) is 0 Å². The first kappa shape index (κ1) is 10.8. The van der Waals surface area contributed by atoms with Crippen molar-refractivity contribution in [3.05, 3.63) is 53.6 Å². The topological polar surface area (TPSA) is 0 Å². The lowest BCUT2D eigenvalue weighted by Crippen LogP contribution is -1.89. The minimum Gasteiger partial charge on any atom is -0.0996 e. The Morgan fingerprint density at radius 2 is 2.00 bits per heavy atom. The summed E-state index contributed by atoms with van der Waals surface area (Å²) in [5.41, 5.74) is 3.81. The van der Waals surface area contributed by atoms with Gasteiger partial charge in [0, 0.05) is 0 Å². The second-order valence-electron chi connectivity index (χ2n) is 3.85.